The molecular formula is C11H13N3O. The first-order valence-corrected chi connectivity index (χ1v) is 5.55. The van der Waals surface area contributed by atoms with Crippen molar-refractivity contribution >= 4 is 11.0 Å². The number of fused-ring (bicyclic) bond motifs is 7. The normalized spacial score (nSPS) is 27.8. The largest absolute Gasteiger partial charge is 0.327 e. The van der Waals surface area contributed by atoms with Crippen molar-refractivity contribution in [3.63, 3.8) is 0 Å². The summed E-state index contributed by atoms with van der Waals surface area (Å²) in [6, 6.07) is 2.73. The summed E-state index contributed by atoms with van der Waals surface area (Å²) in [4.78, 5) is 11.8. The Morgan fingerprint density at radius 2 is 2.33 bits per heavy atom. The Balaban J connectivity index is 2.16. The first-order chi connectivity index (χ1) is 7.25. The van der Waals surface area contributed by atoms with Gasteiger partial charge < -0.3 is 4.57 Å². The number of aryl methyl sites for hydroxylation is 1. The fourth-order valence-corrected chi connectivity index (χ4v) is 3.38. The predicted octanol–water partition coefficient (Wildman–Crippen LogP) is 1.49. The van der Waals surface area contributed by atoms with Gasteiger partial charge in [-0.1, -0.05) is 0 Å². The Hall–Kier alpha value is -1.45. The Labute approximate surface area is 86.5 Å². The van der Waals surface area contributed by atoms with Gasteiger partial charge in [-0.15, -0.1) is 0 Å². The summed E-state index contributed by atoms with van der Waals surface area (Å²) in [7, 11) is 1.78. The van der Waals surface area contributed by atoms with E-state index in [1.165, 1.54) is 25.0 Å². The SMILES string of the molecule is Cn1[nH]c2c(cc3n2C2CCC3C2)c1=O. The minimum absolute atomic E-state index is 0.103. The van der Waals surface area contributed by atoms with Gasteiger partial charge in [0, 0.05) is 24.7 Å². The minimum atomic E-state index is 0.103. The number of rotatable bonds is 0. The standard InChI is InChI=1S/C11H13N3O/c1-13-11(15)8-5-9-6-2-3-7(4-6)14(9)10(8)12-13/h5-7,12H,2-4H2,1H3. The summed E-state index contributed by atoms with van der Waals surface area (Å²) in [5.41, 5.74) is 2.52. The Morgan fingerprint density at radius 1 is 1.47 bits per heavy atom. The molecule has 78 valence electrons. The molecule has 0 spiro atoms. The summed E-state index contributed by atoms with van der Waals surface area (Å²) in [6.45, 7) is 0. The minimum Gasteiger partial charge on any atom is -0.327 e. The molecule has 2 atom stereocenters. The number of nitrogens with zero attached hydrogens (tertiary/aromatic N) is 2. The Morgan fingerprint density at radius 3 is 3.20 bits per heavy atom. The van der Waals surface area contributed by atoms with Crippen LogP contribution in [0.1, 0.15) is 36.9 Å². The molecule has 4 nitrogen and oxygen atoms in total. The van der Waals surface area contributed by atoms with Crippen LogP contribution in [0.5, 0.6) is 0 Å². The Bertz CT molecular complexity index is 616. The first-order valence-electron chi connectivity index (χ1n) is 5.55. The fraction of sp³-hybridized carbons (Fsp3) is 0.545. The van der Waals surface area contributed by atoms with Crippen LogP contribution in [0, 0.1) is 0 Å². The van der Waals surface area contributed by atoms with Crippen molar-refractivity contribution in [2.45, 2.75) is 31.2 Å². The average molecular weight is 203 g/mol. The highest BCUT2D eigenvalue weighted by atomic mass is 16.1. The van der Waals surface area contributed by atoms with E-state index in [0.29, 0.717) is 12.0 Å². The van der Waals surface area contributed by atoms with Gasteiger partial charge in [-0.25, -0.2) is 0 Å². The highest BCUT2D eigenvalue weighted by molar-refractivity contribution is 5.78. The van der Waals surface area contributed by atoms with Crippen LogP contribution in [-0.4, -0.2) is 14.3 Å². The van der Waals surface area contributed by atoms with Gasteiger partial charge in [0.15, 0.2) is 0 Å². The van der Waals surface area contributed by atoms with Crippen LogP contribution in [0.4, 0.5) is 0 Å². The monoisotopic (exact) mass is 203 g/mol. The molecule has 2 aliphatic rings. The van der Waals surface area contributed by atoms with Gasteiger partial charge in [-0.05, 0) is 25.3 Å². The highest BCUT2D eigenvalue weighted by Gasteiger charge is 2.38. The second kappa shape index (κ2) is 2.21. The quantitative estimate of drug-likeness (QED) is 0.692. The van der Waals surface area contributed by atoms with Crippen molar-refractivity contribution in [2.75, 3.05) is 0 Å². The number of hydrogen-bond acceptors (Lipinski definition) is 1. The second-order valence-corrected chi connectivity index (χ2v) is 4.84. The first kappa shape index (κ1) is 7.79. The zero-order valence-corrected chi connectivity index (χ0v) is 8.66. The topological polar surface area (TPSA) is 42.7 Å². The lowest BCUT2D eigenvalue weighted by Gasteiger charge is -2.14. The van der Waals surface area contributed by atoms with Crippen LogP contribution >= 0.6 is 0 Å². The molecule has 1 aliphatic heterocycles. The molecule has 4 heteroatoms. The molecule has 0 saturated heterocycles. The molecule has 1 fully saturated rings. The summed E-state index contributed by atoms with van der Waals surface area (Å²) in [5.74, 6) is 0.709. The van der Waals surface area contributed by atoms with Crippen molar-refractivity contribution in [3.8, 4) is 0 Å². The molecular weight excluding hydrogens is 190 g/mol. The van der Waals surface area contributed by atoms with Crippen LogP contribution in [0.15, 0.2) is 10.9 Å². The summed E-state index contributed by atoms with van der Waals surface area (Å²) in [6.07, 6.45) is 3.86. The number of aromatic amines is 1. The molecule has 0 radical (unpaired) electrons. The number of hydrogen-bond donors (Lipinski definition) is 1. The summed E-state index contributed by atoms with van der Waals surface area (Å²) < 4.78 is 3.93. The maximum Gasteiger partial charge on any atom is 0.275 e. The van der Waals surface area contributed by atoms with Crippen molar-refractivity contribution in [1.29, 1.82) is 0 Å². The molecule has 0 amide bonds. The zero-order chi connectivity index (χ0) is 10.2. The third-order valence-electron chi connectivity index (χ3n) is 4.06. The molecule has 1 aliphatic carbocycles. The highest BCUT2D eigenvalue weighted by Crippen LogP contribution is 2.50. The van der Waals surface area contributed by atoms with Crippen LogP contribution in [0.3, 0.4) is 0 Å². The van der Waals surface area contributed by atoms with Crippen LogP contribution in [-0.2, 0) is 7.05 Å². The second-order valence-electron chi connectivity index (χ2n) is 4.84. The van der Waals surface area contributed by atoms with E-state index < -0.39 is 0 Å². The van der Waals surface area contributed by atoms with Gasteiger partial charge in [-0.3, -0.25) is 14.6 Å². The number of H-pyrrole nitrogens is 1. The number of nitrogens with one attached hydrogen (secondary N) is 1. The van der Waals surface area contributed by atoms with E-state index in [1.807, 2.05) is 0 Å². The smallest absolute Gasteiger partial charge is 0.275 e. The van der Waals surface area contributed by atoms with E-state index in [9.17, 15) is 4.79 Å². The lowest BCUT2D eigenvalue weighted by molar-refractivity contribution is 0.538. The van der Waals surface area contributed by atoms with Gasteiger partial charge >= 0.3 is 0 Å². The third-order valence-corrected chi connectivity index (χ3v) is 4.06. The van der Waals surface area contributed by atoms with Crippen molar-refractivity contribution < 1.29 is 0 Å². The fourth-order valence-electron chi connectivity index (χ4n) is 3.38. The van der Waals surface area contributed by atoms with Gasteiger partial charge in [0.05, 0.1) is 5.39 Å². The molecule has 1 saturated carbocycles. The average Bonchev–Trinajstić information content (AvgIpc) is 2.89. The molecule has 1 N–H and O–H groups in total. The van der Waals surface area contributed by atoms with Gasteiger partial charge in [0.25, 0.3) is 5.56 Å². The third kappa shape index (κ3) is 0.736. The van der Waals surface area contributed by atoms with E-state index in [0.717, 1.165) is 11.0 Å². The molecule has 3 heterocycles. The molecule has 0 aromatic carbocycles. The van der Waals surface area contributed by atoms with Crippen molar-refractivity contribution in [3.05, 3.63) is 22.1 Å². The Kier molecular flexibility index (Phi) is 1.15. The zero-order valence-electron chi connectivity index (χ0n) is 8.66. The molecule has 15 heavy (non-hydrogen) atoms. The van der Waals surface area contributed by atoms with Crippen molar-refractivity contribution in [2.24, 2.45) is 7.05 Å². The van der Waals surface area contributed by atoms with Crippen LogP contribution in [0.25, 0.3) is 11.0 Å². The number of aromatic nitrogens is 3. The van der Waals surface area contributed by atoms with Gasteiger partial charge in [0.1, 0.15) is 5.65 Å². The lowest BCUT2D eigenvalue weighted by atomic mass is 10.1. The predicted molar refractivity (Wildman–Crippen MR) is 57.2 cm³/mol. The van der Waals surface area contributed by atoms with Gasteiger partial charge in [0.2, 0.25) is 0 Å². The lowest BCUT2D eigenvalue weighted by Crippen LogP contribution is -2.12. The van der Waals surface area contributed by atoms with Crippen molar-refractivity contribution in [1.82, 2.24) is 14.3 Å². The van der Waals surface area contributed by atoms with Crippen LogP contribution < -0.4 is 5.56 Å². The van der Waals surface area contributed by atoms with E-state index in [-0.39, 0.29) is 5.56 Å². The maximum atomic E-state index is 11.8. The molecule has 2 unspecified atom stereocenters. The molecule has 2 aromatic rings. The van der Waals surface area contributed by atoms with E-state index >= 15 is 0 Å². The summed E-state index contributed by atoms with van der Waals surface area (Å²) in [5, 5.41) is 4.02. The molecule has 4 rings (SSSR count). The summed E-state index contributed by atoms with van der Waals surface area (Å²) >= 11 is 0. The van der Waals surface area contributed by atoms with Gasteiger partial charge in [-0.2, -0.15) is 0 Å². The van der Waals surface area contributed by atoms with E-state index in [2.05, 4.69) is 15.7 Å². The van der Waals surface area contributed by atoms with E-state index in [1.54, 1.807) is 11.7 Å². The van der Waals surface area contributed by atoms with Crippen LogP contribution in [0.2, 0.25) is 0 Å². The molecule has 2 bridgehead atoms. The van der Waals surface area contributed by atoms with E-state index in [4.69, 9.17) is 0 Å². The molecule has 2 aromatic heterocycles. The maximum absolute atomic E-state index is 11.8.